The molecule has 1 amide bonds. The third-order valence-corrected chi connectivity index (χ3v) is 4.89. The van der Waals surface area contributed by atoms with Gasteiger partial charge in [0.15, 0.2) is 5.65 Å². The largest absolute Gasteiger partial charge is 0.508 e. The van der Waals surface area contributed by atoms with Gasteiger partial charge in [-0.1, -0.05) is 18.7 Å². The van der Waals surface area contributed by atoms with E-state index in [0.717, 1.165) is 35.5 Å². The number of carbonyl (C=O) groups is 1. The standard InChI is InChI=1S/C21H19N5O2/c1-12-7-14(21(28)23-12)8-15-11-22-26-19(24-16-5-6-16)10-18(25-20(15)26)13-3-2-4-17(27)9-13/h2-4,8-11,16,24,27H,1,5-7H2,(H,23,28)/b14-8+. The quantitative estimate of drug-likeness (QED) is 0.611. The maximum atomic E-state index is 12.1. The number of nitrogens with one attached hydrogen (secondary N) is 2. The van der Waals surface area contributed by atoms with Crippen molar-refractivity contribution in [3.8, 4) is 17.0 Å². The van der Waals surface area contributed by atoms with Crippen molar-refractivity contribution in [2.45, 2.75) is 25.3 Å². The van der Waals surface area contributed by atoms with Gasteiger partial charge in [-0.3, -0.25) is 4.79 Å². The molecule has 0 radical (unpaired) electrons. The van der Waals surface area contributed by atoms with Gasteiger partial charge in [-0.25, -0.2) is 4.98 Å². The summed E-state index contributed by atoms with van der Waals surface area (Å²) in [6, 6.07) is 9.39. The Kier molecular flexibility index (Phi) is 3.68. The fourth-order valence-electron chi connectivity index (χ4n) is 3.33. The number of rotatable bonds is 4. The first-order chi connectivity index (χ1) is 13.6. The number of fused-ring (bicyclic) bond motifs is 1. The first-order valence-corrected chi connectivity index (χ1v) is 9.21. The average molecular weight is 373 g/mol. The van der Waals surface area contributed by atoms with Crippen LogP contribution in [0.3, 0.4) is 0 Å². The molecule has 2 aliphatic rings. The second-order valence-electron chi connectivity index (χ2n) is 7.23. The van der Waals surface area contributed by atoms with Gasteiger partial charge >= 0.3 is 0 Å². The summed E-state index contributed by atoms with van der Waals surface area (Å²) in [5.41, 5.74) is 4.29. The van der Waals surface area contributed by atoms with Crippen molar-refractivity contribution in [1.82, 2.24) is 19.9 Å². The van der Waals surface area contributed by atoms with Crippen LogP contribution in [0.4, 0.5) is 5.82 Å². The molecule has 1 saturated carbocycles. The number of aromatic hydroxyl groups is 1. The third-order valence-electron chi connectivity index (χ3n) is 4.89. The minimum absolute atomic E-state index is 0.134. The maximum absolute atomic E-state index is 12.1. The molecule has 2 fully saturated rings. The third kappa shape index (κ3) is 3.00. The summed E-state index contributed by atoms with van der Waals surface area (Å²) >= 11 is 0. The molecule has 28 heavy (non-hydrogen) atoms. The van der Waals surface area contributed by atoms with E-state index in [0.29, 0.717) is 29.4 Å². The van der Waals surface area contributed by atoms with Crippen molar-refractivity contribution in [2.24, 2.45) is 0 Å². The Morgan fingerprint density at radius 3 is 2.89 bits per heavy atom. The van der Waals surface area contributed by atoms with Gasteiger partial charge in [0.25, 0.3) is 5.91 Å². The number of allylic oxidation sites excluding steroid dienone is 1. The molecule has 7 heteroatoms. The number of phenols is 1. The van der Waals surface area contributed by atoms with Crippen LogP contribution >= 0.6 is 0 Å². The molecular formula is C21H19N5O2. The number of aromatic nitrogens is 3. The Morgan fingerprint density at radius 2 is 2.18 bits per heavy atom. The van der Waals surface area contributed by atoms with E-state index in [2.05, 4.69) is 22.3 Å². The Hall–Kier alpha value is -3.61. The summed E-state index contributed by atoms with van der Waals surface area (Å²) in [6.07, 6.45) is 6.29. The number of benzene rings is 1. The van der Waals surface area contributed by atoms with Crippen LogP contribution in [0.5, 0.6) is 5.75 Å². The van der Waals surface area contributed by atoms with Crippen LogP contribution in [0.2, 0.25) is 0 Å². The summed E-state index contributed by atoms with van der Waals surface area (Å²) < 4.78 is 1.76. The van der Waals surface area contributed by atoms with Crippen molar-refractivity contribution in [3.63, 3.8) is 0 Å². The van der Waals surface area contributed by atoms with Crippen LogP contribution in [0.1, 0.15) is 24.8 Å². The molecule has 0 unspecified atom stereocenters. The predicted octanol–water partition coefficient (Wildman–Crippen LogP) is 3.09. The van der Waals surface area contributed by atoms with Gasteiger partial charge < -0.3 is 15.7 Å². The lowest BCUT2D eigenvalue weighted by molar-refractivity contribution is -0.115. The summed E-state index contributed by atoms with van der Waals surface area (Å²) in [4.78, 5) is 16.8. The van der Waals surface area contributed by atoms with Gasteiger partial charge in [-0.2, -0.15) is 9.61 Å². The second-order valence-corrected chi connectivity index (χ2v) is 7.23. The molecule has 3 aromatic rings. The Bertz CT molecular complexity index is 1160. The van der Waals surface area contributed by atoms with Crippen LogP contribution in [-0.4, -0.2) is 31.7 Å². The molecule has 3 N–H and O–H groups in total. The van der Waals surface area contributed by atoms with Crippen LogP contribution in [-0.2, 0) is 4.79 Å². The number of hydrogen-bond donors (Lipinski definition) is 3. The zero-order valence-corrected chi connectivity index (χ0v) is 15.1. The number of nitrogens with zero attached hydrogens (tertiary/aromatic N) is 3. The van der Waals surface area contributed by atoms with Gasteiger partial charge in [-0.15, -0.1) is 0 Å². The highest BCUT2D eigenvalue weighted by molar-refractivity contribution is 6.02. The van der Waals surface area contributed by atoms with E-state index in [1.165, 1.54) is 0 Å². The van der Waals surface area contributed by atoms with Gasteiger partial charge in [-0.05, 0) is 31.1 Å². The van der Waals surface area contributed by atoms with Crippen LogP contribution in [0.25, 0.3) is 23.0 Å². The van der Waals surface area contributed by atoms with E-state index in [1.54, 1.807) is 28.9 Å². The van der Waals surface area contributed by atoms with E-state index in [-0.39, 0.29) is 11.7 Å². The highest BCUT2D eigenvalue weighted by Crippen LogP contribution is 2.30. The minimum atomic E-state index is -0.134. The number of phenolic OH excluding ortho intramolecular Hbond substituents is 1. The predicted molar refractivity (Wildman–Crippen MR) is 107 cm³/mol. The van der Waals surface area contributed by atoms with Crippen molar-refractivity contribution < 1.29 is 9.90 Å². The molecule has 3 heterocycles. The molecule has 1 aliphatic heterocycles. The lowest BCUT2D eigenvalue weighted by Gasteiger charge is -2.10. The monoisotopic (exact) mass is 373 g/mol. The van der Waals surface area contributed by atoms with Crippen molar-refractivity contribution in [1.29, 1.82) is 0 Å². The molecule has 1 saturated heterocycles. The smallest absolute Gasteiger partial charge is 0.251 e. The zero-order chi connectivity index (χ0) is 19.3. The molecule has 0 atom stereocenters. The number of anilines is 1. The summed E-state index contributed by atoms with van der Waals surface area (Å²) in [5, 5.41) is 20.5. The Balaban J connectivity index is 1.66. The van der Waals surface area contributed by atoms with Crippen LogP contribution in [0, 0.1) is 0 Å². The number of carbonyl (C=O) groups excluding carboxylic acids is 1. The van der Waals surface area contributed by atoms with Crippen molar-refractivity contribution >= 4 is 23.4 Å². The van der Waals surface area contributed by atoms with E-state index in [1.807, 2.05) is 18.2 Å². The molecule has 0 bridgehead atoms. The van der Waals surface area contributed by atoms with Gasteiger partial charge in [0.2, 0.25) is 0 Å². The normalized spacial score (nSPS) is 18.1. The molecule has 1 aromatic carbocycles. The number of hydrogen-bond acceptors (Lipinski definition) is 5. The lowest BCUT2D eigenvalue weighted by Crippen LogP contribution is -2.12. The molecular weight excluding hydrogens is 354 g/mol. The van der Waals surface area contributed by atoms with Crippen molar-refractivity contribution in [3.05, 3.63) is 59.9 Å². The van der Waals surface area contributed by atoms with E-state index >= 15 is 0 Å². The first kappa shape index (κ1) is 16.6. The fourth-order valence-corrected chi connectivity index (χ4v) is 3.33. The Labute approximate surface area is 161 Å². The van der Waals surface area contributed by atoms with Crippen molar-refractivity contribution in [2.75, 3.05) is 5.32 Å². The minimum Gasteiger partial charge on any atom is -0.508 e. The fraction of sp³-hybridized carbons (Fsp3) is 0.190. The van der Waals surface area contributed by atoms with Gasteiger partial charge in [0.1, 0.15) is 11.6 Å². The van der Waals surface area contributed by atoms with Crippen LogP contribution in [0.15, 0.2) is 54.4 Å². The SMILES string of the molecule is C=C1C/C(=C\c2cnn3c(NC4CC4)cc(-c4cccc(O)c4)nc23)C(=O)N1. The summed E-state index contributed by atoms with van der Waals surface area (Å²) in [6.45, 7) is 3.82. The first-order valence-electron chi connectivity index (χ1n) is 9.21. The highest BCUT2D eigenvalue weighted by Gasteiger charge is 2.24. The maximum Gasteiger partial charge on any atom is 0.251 e. The van der Waals surface area contributed by atoms with E-state index in [4.69, 9.17) is 4.98 Å². The molecule has 140 valence electrons. The Morgan fingerprint density at radius 1 is 1.32 bits per heavy atom. The van der Waals surface area contributed by atoms with Crippen LogP contribution < -0.4 is 10.6 Å². The second kappa shape index (κ2) is 6.23. The topological polar surface area (TPSA) is 91.6 Å². The molecule has 0 spiro atoms. The summed E-state index contributed by atoms with van der Waals surface area (Å²) in [7, 11) is 0. The molecule has 2 aromatic heterocycles. The molecule has 1 aliphatic carbocycles. The van der Waals surface area contributed by atoms with E-state index < -0.39 is 0 Å². The zero-order valence-electron chi connectivity index (χ0n) is 15.1. The summed E-state index contributed by atoms with van der Waals surface area (Å²) in [5.74, 6) is 0.897. The molecule has 5 rings (SSSR count). The highest BCUT2D eigenvalue weighted by atomic mass is 16.3. The van der Waals surface area contributed by atoms with Gasteiger partial charge in [0, 0.05) is 40.9 Å². The lowest BCUT2D eigenvalue weighted by atomic mass is 10.1. The molecule has 7 nitrogen and oxygen atoms in total. The number of amides is 1. The van der Waals surface area contributed by atoms with Gasteiger partial charge in [0.05, 0.1) is 11.9 Å². The van der Waals surface area contributed by atoms with E-state index in [9.17, 15) is 9.90 Å². The average Bonchev–Trinajstić information content (AvgIpc) is 3.30.